The van der Waals surface area contributed by atoms with Crippen molar-refractivity contribution in [3.05, 3.63) is 17.0 Å². The van der Waals surface area contributed by atoms with E-state index in [1.807, 2.05) is 18.7 Å². The molecule has 3 rings (SSSR count). The highest BCUT2D eigenvalue weighted by molar-refractivity contribution is 5.96. The number of nitrogens with zero attached hydrogens (tertiary/aromatic N) is 5. The molecule has 0 saturated carbocycles. The van der Waals surface area contributed by atoms with Crippen LogP contribution in [-0.4, -0.2) is 115 Å². The van der Waals surface area contributed by atoms with E-state index in [4.69, 9.17) is 9.26 Å². The Morgan fingerprint density at radius 2 is 1.78 bits per heavy atom. The van der Waals surface area contributed by atoms with Crippen molar-refractivity contribution in [1.29, 1.82) is 0 Å². The number of likely N-dealkylation sites (tertiary alicyclic amines) is 1. The fourth-order valence-corrected chi connectivity index (χ4v) is 5.86. The Kier molecular flexibility index (Phi) is 11.3. The molecule has 3 heterocycles. The summed E-state index contributed by atoms with van der Waals surface area (Å²) in [5.41, 5.74) is 1.14. The Labute approximate surface area is 244 Å². The topological polar surface area (TPSA) is 117 Å². The monoisotopic (exact) mass is 575 g/mol. The van der Waals surface area contributed by atoms with E-state index < -0.39 is 6.04 Å². The van der Waals surface area contributed by atoms with Gasteiger partial charge in [-0.1, -0.05) is 25.4 Å². The first-order valence-electron chi connectivity index (χ1n) is 14.9. The Morgan fingerprint density at radius 3 is 2.41 bits per heavy atom. The lowest BCUT2D eigenvalue weighted by atomic mass is 9.75. The van der Waals surface area contributed by atoms with Crippen LogP contribution < -0.4 is 0 Å². The molecular formula is C30H49N5O6. The molecule has 2 aliphatic heterocycles. The van der Waals surface area contributed by atoms with Crippen LogP contribution in [-0.2, 0) is 19.1 Å². The maximum atomic E-state index is 13.4. The van der Waals surface area contributed by atoms with Gasteiger partial charge in [0.05, 0.1) is 12.3 Å². The molecule has 1 atom stereocenters. The van der Waals surface area contributed by atoms with Gasteiger partial charge in [-0.15, -0.1) is 0 Å². The van der Waals surface area contributed by atoms with E-state index in [-0.39, 0.29) is 41.6 Å². The summed E-state index contributed by atoms with van der Waals surface area (Å²) in [6, 6.07) is -0.600. The second-order valence-corrected chi connectivity index (χ2v) is 12.3. The van der Waals surface area contributed by atoms with E-state index in [0.29, 0.717) is 62.6 Å². The molecule has 2 fully saturated rings. The average molecular weight is 576 g/mol. The van der Waals surface area contributed by atoms with Crippen molar-refractivity contribution in [3.8, 4) is 0 Å². The van der Waals surface area contributed by atoms with E-state index >= 15 is 0 Å². The Hall–Kier alpha value is -2.95. The van der Waals surface area contributed by atoms with Crippen molar-refractivity contribution in [1.82, 2.24) is 24.8 Å². The van der Waals surface area contributed by atoms with E-state index in [1.54, 1.807) is 37.9 Å². The molecule has 1 aromatic heterocycles. The highest BCUT2D eigenvalue weighted by Gasteiger charge is 2.38. The highest BCUT2D eigenvalue weighted by atomic mass is 16.5. The minimum atomic E-state index is -0.600. The maximum absolute atomic E-state index is 13.4. The Bertz CT molecular complexity index is 1080. The fraction of sp³-hybridized carbons (Fsp3) is 0.767. The molecule has 0 aliphatic carbocycles. The number of aryl methyl sites for hydroxylation is 1. The van der Waals surface area contributed by atoms with Gasteiger partial charge in [-0.2, -0.15) is 0 Å². The molecule has 1 spiro atoms. The third-order valence-corrected chi connectivity index (χ3v) is 8.88. The third-order valence-electron chi connectivity index (χ3n) is 8.88. The van der Waals surface area contributed by atoms with Gasteiger partial charge < -0.3 is 28.9 Å². The lowest BCUT2D eigenvalue weighted by molar-refractivity contribution is -0.147. The number of rotatable bonds is 6. The van der Waals surface area contributed by atoms with Gasteiger partial charge in [0.15, 0.2) is 0 Å². The summed E-state index contributed by atoms with van der Waals surface area (Å²) in [6.45, 7) is 9.99. The number of amides is 4. The maximum Gasteiger partial charge on any atom is 0.259 e. The summed E-state index contributed by atoms with van der Waals surface area (Å²) in [4.78, 5) is 58.2. The fourth-order valence-electron chi connectivity index (χ4n) is 5.86. The summed E-state index contributed by atoms with van der Waals surface area (Å²) in [5.74, 6) is 0.257. The highest BCUT2D eigenvalue weighted by Crippen LogP contribution is 2.38. The molecule has 2 saturated heterocycles. The van der Waals surface area contributed by atoms with E-state index in [2.05, 4.69) is 5.16 Å². The van der Waals surface area contributed by atoms with E-state index in [0.717, 1.165) is 32.1 Å². The normalized spacial score (nSPS) is 21.1. The summed E-state index contributed by atoms with van der Waals surface area (Å²) < 4.78 is 11.4. The Balaban J connectivity index is 1.66. The second-order valence-electron chi connectivity index (χ2n) is 12.3. The van der Waals surface area contributed by atoms with E-state index in [1.165, 1.54) is 11.8 Å². The van der Waals surface area contributed by atoms with Crippen molar-refractivity contribution >= 4 is 23.6 Å². The molecule has 0 unspecified atom stereocenters. The molecule has 0 bridgehead atoms. The summed E-state index contributed by atoms with van der Waals surface area (Å²) in [7, 11) is 5.19. The lowest BCUT2D eigenvalue weighted by Crippen LogP contribution is -2.49. The van der Waals surface area contributed by atoms with E-state index in [9.17, 15) is 19.2 Å². The van der Waals surface area contributed by atoms with Crippen molar-refractivity contribution in [2.75, 3.05) is 60.5 Å². The number of hydrogen-bond donors (Lipinski definition) is 0. The minimum absolute atomic E-state index is 0.0285. The van der Waals surface area contributed by atoms with Crippen LogP contribution in [0.4, 0.5) is 0 Å². The smallest absolute Gasteiger partial charge is 0.259 e. The molecule has 41 heavy (non-hydrogen) atoms. The van der Waals surface area contributed by atoms with Crippen LogP contribution in [0.25, 0.3) is 0 Å². The first-order valence-corrected chi connectivity index (χ1v) is 14.9. The lowest BCUT2D eigenvalue weighted by Gasteiger charge is -2.42. The number of piperidine rings is 1. The summed E-state index contributed by atoms with van der Waals surface area (Å²) in [5, 5.41) is 4.12. The third kappa shape index (κ3) is 8.08. The molecular weight excluding hydrogens is 526 g/mol. The quantitative estimate of drug-likeness (QED) is 0.512. The number of carbonyl (C=O) groups is 4. The van der Waals surface area contributed by atoms with Gasteiger partial charge >= 0.3 is 0 Å². The molecule has 11 heteroatoms. The molecule has 2 aliphatic rings. The minimum Gasteiger partial charge on any atom is -0.371 e. The molecule has 0 radical (unpaired) electrons. The SMILES string of the molecule is CC(=O)N(C)CCC[C@H]1C(=O)N(C)CCCCC2(CCN(C(=O)c3c(C(C)C)noc3C)CC2)COCC(=O)N1C. The summed E-state index contributed by atoms with van der Waals surface area (Å²) >= 11 is 0. The molecule has 230 valence electrons. The van der Waals surface area contributed by atoms with Crippen LogP contribution in [0, 0.1) is 12.3 Å². The molecule has 0 aromatic carbocycles. The number of hydrogen-bond acceptors (Lipinski definition) is 7. The van der Waals surface area contributed by atoms with Gasteiger partial charge in [-0.25, -0.2) is 0 Å². The zero-order valence-electron chi connectivity index (χ0n) is 26.0. The van der Waals surface area contributed by atoms with Crippen molar-refractivity contribution in [2.45, 2.75) is 84.6 Å². The van der Waals surface area contributed by atoms with Crippen LogP contribution in [0.1, 0.15) is 93.4 Å². The molecule has 1 aromatic rings. The van der Waals surface area contributed by atoms with Gasteiger partial charge in [0.1, 0.15) is 24.0 Å². The average Bonchev–Trinajstić information content (AvgIpc) is 3.33. The van der Waals surface area contributed by atoms with Crippen LogP contribution >= 0.6 is 0 Å². The van der Waals surface area contributed by atoms with Crippen molar-refractivity contribution in [2.24, 2.45) is 5.41 Å². The van der Waals surface area contributed by atoms with Gasteiger partial charge in [0.25, 0.3) is 5.91 Å². The van der Waals surface area contributed by atoms with Crippen LogP contribution in [0.3, 0.4) is 0 Å². The van der Waals surface area contributed by atoms with Crippen LogP contribution in [0.5, 0.6) is 0 Å². The largest absolute Gasteiger partial charge is 0.371 e. The first kappa shape index (κ1) is 32.6. The number of aromatic nitrogens is 1. The summed E-state index contributed by atoms with van der Waals surface area (Å²) in [6.07, 6.45) is 5.34. The number of ether oxygens (including phenoxy) is 1. The van der Waals surface area contributed by atoms with Gasteiger partial charge in [0.2, 0.25) is 17.7 Å². The predicted octanol–water partition coefficient (Wildman–Crippen LogP) is 3.07. The predicted molar refractivity (Wildman–Crippen MR) is 154 cm³/mol. The Morgan fingerprint density at radius 1 is 1.10 bits per heavy atom. The number of carbonyl (C=O) groups excluding carboxylic acids is 4. The van der Waals surface area contributed by atoms with Crippen LogP contribution in [0.2, 0.25) is 0 Å². The van der Waals surface area contributed by atoms with Gasteiger partial charge in [-0.3, -0.25) is 19.2 Å². The molecule has 0 N–H and O–H groups in total. The zero-order chi connectivity index (χ0) is 30.3. The number of likely N-dealkylation sites (N-methyl/N-ethyl adjacent to an activating group) is 2. The standard InChI is InChI=1S/C30H49N5O6/c1-21(2)27-26(22(3)41-31-27)29(39)35-17-13-30(14-18-35)12-8-9-15-33(6)28(38)24(11-10-16-32(5)23(4)36)34(7)25(37)19-40-20-30/h21,24H,8-20H2,1-7H3/t24-/m0/s1. The van der Waals surface area contributed by atoms with Gasteiger partial charge in [-0.05, 0) is 56.8 Å². The molecule has 11 nitrogen and oxygen atoms in total. The first-order chi connectivity index (χ1) is 19.4. The van der Waals surface area contributed by atoms with Crippen molar-refractivity contribution in [3.63, 3.8) is 0 Å². The molecule has 4 amide bonds. The zero-order valence-corrected chi connectivity index (χ0v) is 26.0. The second kappa shape index (κ2) is 14.3. The van der Waals surface area contributed by atoms with Crippen molar-refractivity contribution < 1.29 is 28.4 Å². The van der Waals surface area contributed by atoms with Gasteiger partial charge in [0, 0.05) is 54.2 Å². The van der Waals surface area contributed by atoms with Crippen LogP contribution in [0.15, 0.2) is 4.52 Å².